The van der Waals surface area contributed by atoms with Crippen molar-refractivity contribution in [1.82, 2.24) is 4.98 Å². The third-order valence-electron chi connectivity index (χ3n) is 3.96. The molecule has 0 aliphatic heterocycles. The van der Waals surface area contributed by atoms with E-state index in [1.54, 1.807) is 18.3 Å². The van der Waals surface area contributed by atoms with Crippen molar-refractivity contribution >= 4 is 28.2 Å². The summed E-state index contributed by atoms with van der Waals surface area (Å²) in [6.07, 6.45) is 3.35. The second-order valence-corrected chi connectivity index (χ2v) is 8.21. The molecule has 0 aliphatic carbocycles. The maximum atomic E-state index is 12.9. The Kier molecular flexibility index (Phi) is 5.74. The highest BCUT2D eigenvalue weighted by Gasteiger charge is 2.13. The topological polar surface area (TPSA) is 50.2 Å². The summed E-state index contributed by atoms with van der Waals surface area (Å²) in [5.41, 5.74) is 2.89. The van der Waals surface area contributed by atoms with Gasteiger partial charge in [0.1, 0.15) is 11.6 Å². The molecule has 0 amide bonds. The number of hydrogen-bond acceptors (Lipinski definition) is 5. The first-order chi connectivity index (χ1) is 12.4. The Bertz CT molecular complexity index is 912. The maximum absolute atomic E-state index is 12.9. The van der Waals surface area contributed by atoms with Gasteiger partial charge in [-0.05, 0) is 79.4 Å². The summed E-state index contributed by atoms with van der Waals surface area (Å²) in [7, 11) is 0. The number of benzene rings is 2. The van der Waals surface area contributed by atoms with Gasteiger partial charge in [0.2, 0.25) is 0 Å². The standard InChI is InChI=1S/C20H18FNO2S2/c1-12-9-14(10-13(2)18(12)23)3-6-17-11-22-19(25-17)20(24)26-16-7-4-15(21)5-8-16/h4-5,7-11,23H,3,6H2,1-2H3. The predicted octanol–water partition coefficient (Wildman–Crippen LogP) is 5.32. The van der Waals surface area contributed by atoms with E-state index in [9.17, 15) is 14.3 Å². The highest BCUT2D eigenvalue weighted by molar-refractivity contribution is 8.14. The van der Waals surface area contributed by atoms with Crippen molar-refractivity contribution < 1.29 is 14.3 Å². The molecule has 134 valence electrons. The van der Waals surface area contributed by atoms with Gasteiger partial charge in [-0.15, -0.1) is 11.3 Å². The molecule has 1 aromatic heterocycles. The van der Waals surface area contributed by atoms with E-state index in [4.69, 9.17) is 0 Å². The molecule has 0 saturated heterocycles. The van der Waals surface area contributed by atoms with Gasteiger partial charge in [-0.2, -0.15) is 0 Å². The predicted molar refractivity (Wildman–Crippen MR) is 104 cm³/mol. The number of thioether (sulfide) groups is 1. The fourth-order valence-corrected chi connectivity index (χ4v) is 4.25. The molecule has 0 unspecified atom stereocenters. The first-order valence-electron chi connectivity index (χ1n) is 8.14. The number of rotatable bonds is 5. The maximum Gasteiger partial charge on any atom is 0.252 e. The minimum atomic E-state index is -0.321. The van der Waals surface area contributed by atoms with Crippen LogP contribution in [0.25, 0.3) is 0 Å². The number of aromatic nitrogens is 1. The van der Waals surface area contributed by atoms with Crippen molar-refractivity contribution in [3.8, 4) is 5.75 Å². The third-order valence-corrected chi connectivity index (χ3v) is 6.03. The summed E-state index contributed by atoms with van der Waals surface area (Å²) >= 11 is 2.44. The zero-order valence-electron chi connectivity index (χ0n) is 14.5. The van der Waals surface area contributed by atoms with Crippen LogP contribution in [0.3, 0.4) is 0 Å². The molecule has 0 radical (unpaired) electrons. The van der Waals surface area contributed by atoms with Gasteiger partial charge < -0.3 is 5.11 Å². The largest absolute Gasteiger partial charge is 0.507 e. The molecule has 26 heavy (non-hydrogen) atoms. The second kappa shape index (κ2) is 8.01. The molecule has 0 atom stereocenters. The molecule has 0 aliphatic rings. The van der Waals surface area contributed by atoms with Crippen LogP contribution in [0.4, 0.5) is 4.39 Å². The molecule has 3 rings (SSSR count). The van der Waals surface area contributed by atoms with Crippen LogP contribution in [0.15, 0.2) is 47.5 Å². The zero-order valence-corrected chi connectivity index (χ0v) is 16.1. The molecule has 1 heterocycles. The minimum Gasteiger partial charge on any atom is -0.507 e. The van der Waals surface area contributed by atoms with Crippen LogP contribution in [0, 0.1) is 19.7 Å². The number of aryl methyl sites for hydroxylation is 4. The van der Waals surface area contributed by atoms with Gasteiger partial charge >= 0.3 is 0 Å². The Hall–Kier alpha value is -2.18. The van der Waals surface area contributed by atoms with E-state index < -0.39 is 0 Å². The van der Waals surface area contributed by atoms with E-state index >= 15 is 0 Å². The fraction of sp³-hybridized carbons (Fsp3) is 0.200. The lowest BCUT2D eigenvalue weighted by Crippen LogP contribution is -1.92. The molecule has 6 heteroatoms. The monoisotopic (exact) mass is 387 g/mol. The second-order valence-electron chi connectivity index (χ2n) is 6.05. The van der Waals surface area contributed by atoms with Crippen LogP contribution in [0.1, 0.15) is 31.4 Å². The molecule has 0 bridgehead atoms. The first-order valence-corrected chi connectivity index (χ1v) is 9.77. The highest BCUT2D eigenvalue weighted by atomic mass is 32.2. The number of thiazole rings is 1. The Morgan fingerprint density at radius 3 is 2.46 bits per heavy atom. The van der Waals surface area contributed by atoms with Gasteiger partial charge in [0.15, 0.2) is 5.01 Å². The number of hydrogen-bond donors (Lipinski definition) is 1. The van der Waals surface area contributed by atoms with Gasteiger partial charge in [0, 0.05) is 16.0 Å². The van der Waals surface area contributed by atoms with Gasteiger partial charge in [-0.25, -0.2) is 9.37 Å². The molecule has 1 N–H and O–H groups in total. The van der Waals surface area contributed by atoms with Gasteiger partial charge in [-0.3, -0.25) is 4.79 Å². The number of phenolic OH excluding ortho intramolecular Hbond substituents is 1. The Morgan fingerprint density at radius 1 is 1.15 bits per heavy atom. The SMILES string of the molecule is Cc1cc(CCc2cnc(C(=O)Sc3ccc(F)cc3)s2)cc(C)c1O. The van der Waals surface area contributed by atoms with Crippen LogP contribution in [0.2, 0.25) is 0 Å². The van der Waals surface area contributed by atoms with E-state index in [-0.39, 0.29) is 10.9 Å². The molecule has 0 saturated carbocycles. The normalized spacial score (nSPS) is 10.9. The van der Waals surface area contributed by atoms with Crippen molar-refractivity contribution in [2.45, 2.75) is 31.6 Å². The summed E-state index contributed by atoms with van der Waals surface area (Å²) < 4.78 is 12.9. The van der Waals surface area contributed by atoms with Crippen LogP contribution < -0.4 is 0 Å². The number of carbonyl (C=O) groups excluding carboxylic acids is 1. The van der Waals surface area contributed by atoms with E-state index in [0.29, 0.717) is 15.7 Å². The summed E-state index contributed by atoms with van der Waals surface area (Å²) in [5.74, 6) is 0.0234. The van der Waals surface area contributed by atoms with E-state index in [0.717, 1.165) is 46.2 Å². The smallest absolute Gasteiger partial charge is 0.252 e. The first kappa shape index (κ1) is 18.6. The van der Waals surface area contributed by atoms with Crippen LogP contribution in [0.5, 0.6) is 5.75 Å². The van der Waals surface area contributed by atoms with Crippen molar-refractivity contribution in [3.05, 3.63) is 75.0 Å². The average molecular weight is 388 g/mol. The Labute approximate surface area is 159 Å². The summed E-state index contributed by atoms with van der Waals surface area (Å²) in [4.78, 5) is 18.3. The third kappa shape index (κ3) is 4.51. The van der Waals surface area contributed by atoms with E-state index in [1.165, 1.54) is 23.5 Å². The molecule has 3 nitrogen and oxygen atoms in total. The number of nitrogens with zero attached hydrogens (tertiary/aromatic N) is 1. The lowest BCUT2D eigenvalue weighted by atomic mass is 10.0. The van der Waals surface area contributed by atoms with E-state index in [1.807, 2.05) is 26.0 Å². The Morgan fingerprint density at radius 2 is 1.81 bits per heavy atom. The highest BCUT2D eigenvalue weighted by Crippen LogP contribution is 2.27. The molecule has 3 aromatic rings. The van der Waals surface area contributed by atoms with Gasteiger partial charge in [-0.1, -0.05) is 12.1 Å². The van der Waals surface area contributed by atoms with Crippen molar-refractivity contribution in [2.75, 3.05) is 0 Å². The number of halogens is 1. The van der Waals surface area contributed by atoms with Crippen LogP contribution >= 0.6 is 23.1 Å². The Balaban J connectivity index is 1.62. The molecule has 2 aromatic carbocycles. The van der Waals surface area contributed by atoms with Gasteiger partial charge in [0.25, 0.3) is 5.12 Å². The van der Waals surface area contributed by atoms with Crippen LogP contribution in [-0.2, 0) is 12.8 Å². The molecular weight excluding hydrogens is 369 g/mol. The average Bonchev–Trinajstić information content (AvgIpc) is 3.09. The zero-order chi connectivity index (χ0) is 18.7. The summed E-state index contributed by atoms with van der Waals surface area (Å²) in [6, 6.07) is 9.82. The number of carbonyl (C=O) groups is 1. The number of phenols is 1. The minimum absolute atomic E-state index is 0.135. The van der Waals surface area contributed by atoms with Crippen molar-refractivity contribution in [3.63, 3.8) is 0 Å². The molecule has 0 spiro atoms. The summed E-state index contributed by atoms with van der Waals surface area (Å²) in [5, 5.41) is 10.2. The summed E-state index contributed by atoms with van der Waals surface area (Å²) in [6.45, 7) is 3.78. The van der Waals surface area contributed by atoms with E-state index in [2.05, 4.69) is 4.98 Å². The van der Waals surface area contributed by atoms with Gasteiger partial charge in [0.05, 0.1) is 0 Å². The van der Waals surface area contributed by atoms with Crippen LogP contribution in [-0.4, -0.2) is 15.2 Å². The molecule has 0 fully saturated rings. The lowest BCUT2D eigenvalue weighted by Gasteiger charge is -2.07. The molecular formula is C20H18FNO2S2. The number of aromatic hydroxyl groups is 1. The van der Waals surface area contributed by atoms with Crippen molar-refractivity contribution in [1.29, 1.82) is 0 Å². The van der Waals surface area contributed by atoms with Crippen molar-refractivity contribution in [2.24, 2.45) is 0 Å². The lowest BCUT2D eigenvalue weighted by molar-refractivity contribution is 0.108. The quantitative estimate of drug-likeness (QED) is 0.602. The fourth-order valence-electron chi connectivity index (χ4n) is 2.63.